The molecule has 0 aromatic carbocycles. The summed E-state index contributed by atoms with van der Waals surface area (Å²) in [5, 5.41) is 0. The van der Waals surface area contributed by atoms with Crippen LogP contribution in [0.2, 0.25) is 18.6 Å². The van der Waals surface area contributed by atoms with E-state index in [0.29, 0.717) is 0 Å². The Morgan fingerprint density at radius 3 is 2.17 bits per heavy atom. The maximum absolute atomic E-state index is 3.71. The Morgan fingerprint density at radius 2 is 1.75 bits per heavy atom. The molecule has 1 heteroatoms. The van der Waals surface area contributed by atoms with Gasteiger partial charge >= 0.3 is 0 Å². The molecule has 0 fully saturated rings. The smallest absolute Gasteiger partial charge is 0.0738 e. The third-order valence-corrected chi connectivity index (χ3v) is 6.94. The van der Waals surface area contributed by atoms with Gasteiger partial charge in [0.1, 0.15) is 0 Å². The van der Waals surface area contributed by atoms with E-state index < -0.39 is 8.07 Å². The molecule has 0 saturated heterocycles. The maximum Gasteiger partial charge on any atom is 0.0738 e. The normalized spacial score (nSPS) is 12.2. The largest absolute Gasteiger partial charge is 0.103 e. The lowest BCUT2D eigenvalue weighted by Gasteiger charge is -2.18. The lowest BCUT2D eigenvalue weighted by molar-refractivity contribution is 1.05. The van der Waals surface area contributed by atoms with E-state index in [4.69, 9.17) is 0 Å². The molecule has 0 bridgehead atoms. The van der Waals surface area contributed by atoms with Crippen LogP contribution < -0.4 is 0 Å². The van der Waals surface area contributed by atoms with Crippen molar-refractivity contribution in [2.45, 2.75) is 45.3 Å². The second kappa shape index (κ2) is 6.24. The van der Waals surface area contributed by atoms with E-state index in [1.807, 2.05) is 6.08 Å². The van der Waals surface area contributed by atoms with Crippen molar-refractivity contribution in [2.24, 2.45) is 0 Å². The highest BCUT2D eigenvalue weighted by Gasteiger charge is 2.17. The molecule has 0 aliphatic rings. The molecule has 0 aromatic rings. The Morgan fingerprint density at radius 1 is 1.17 bits per heavy atom. The zero-order valence-electron chi connectivity index (χ0n) is 8.77. The van der Waals surface area contributed by atoms with Crippen molar-refractivity contribution >= 4 is 8.07 Å². The van der Waals surface area contributed by atoms with Crippen LogP contribution in [0.5, 0.6) is 0 Å². The fourth-order valence-electron chi connectivity index (χ4n) is 1.07. The van der Waals surface area contributed by atoms with Gasteiger partial charge in [-0.05, 0) is 12.8 Å². The van der Waals surface area contributed by atoms with E-state index >= 15 is 0 Å². The Labute approximate surface area is 78.4 Å². The molecule has 0 amide bonds. The third kappa shape index (κ3) is 4.55. The minimum absolute atomic E-state index is 0.962. The summed E-state index contributed by atoms with van der Waals surface area (Å²) in [4.78, 5) is 0. The van der Waals surface area contributed by atoms with Gasteiger partial charge in [0, 0.05) is 0 Å². The molecule has 0 aliphatic carbocycles. The average Bonchev–Trinajstić information content (AvgIpc) is 2.12. The van der Waals surface area contributed by atoms with Crippen molar-refractivity contribution in [3.63, 3.8) is 0 Å². The van der Waals surface area contributed by atoms with Gasteiger partial charge < -0.3 is 0 Å². The summed E-state index contributed by atoms with van der Waals surface area (Å²) in [5.41, 5.74) is 2.50. The highest BCUT2D eigenvalue weighted by molar-refractivity contribution is 6.83. The van der Waals surface area contributed by atoms with Crippen molar-refractivity contribution < 1.29 is 0 Å². The van der Waals surface area contributed by atoms with Crippen LogP contribution in [0.3, 0.4) is 0 Å². The van der Waals surface area contributed by atoms with E-state index in [9.17, 15) is 0 Å². The molecule has 0 heterocycles. The van der Waals surface area contributed by atoms with Crippen LogP contribution >= 0.6 is 0 Å². The van der Waals surface area contributed by atoms with Crippen molar-refractivity contribution in [1.82, 2.24) is 0 Å². The van der Waals surface area contributed by atoms with Crippen molar-refractivity contribution in [3.8, 4) is 0 Å². The molecule has 0 N–H and O–H groups in total. The van der Waals surface area contributed by atoms with Gasteiger partial charge in [0.15, 0.2) is 0 Å². The topological polar surface area (TPSA) is 0 Å². The van der Waals surface area contributed by atoms with Gasteiger partial charge in [-0.2, -0.15) is 0 Å². The molecule has 12 heavy (non-hydrogen) atoms. The van der Waals surface area contributed by atoms with E-state index in [1.165, 1.54) is 18.5 Å². The quantitative estimate of drug-likeness (QED) is 0.329. The first-order chi connectivity index (χ1) is 5.68. The molecule has 0 rings (SSSR count). The number of unbranched alkanes of at least 4 members (excludes halogenated alkanes) is 1. The van der Waals surface area contributed by atoms with E-state index in [-0.39, 0.29) is 0 Å². The SMILES string of the molecule is C=CCC/C=C/[Si](C)(CC)CC. The number of hydrogen-bond donors (Lipinski definition) is 0. The first-order valence-electron chi connectivity index (χ1n) is 4.97. The standard InChI is InChI=1S/C11H22Si/c1-5-8-9-10-11-12(4,6-2)7-3/h5,10-11H,1,6-9H2,2-4H3/b11-10+. The first-order valence-corrected chi connectivity index (χ1v) is 7.96. The summed E-state index contributed by atoms with van der Waals surface area (Å²) in [5.74, 6) is 0. The molecule has 0 saturated carbocycles. The van der Waals surface area contributed by atoms with Gasteiger partial charge in [0.05, 0.1) is 8.07 Å². The van der Waals surface area contributed by atoms with Gasteiger partial charge in [-0.1, -0.05) is 50.3 Å². The predicted octanol–water partition coefficient (Wildman–Crippen LogP) is 4.17. The molecular weight excluding hydrogens is 160 g/mol. The van der Waals surface area contributed by atoms with Crippen LogP contribution in [0, 0.1) is 0 Å². The van der Waals surface area contributed by atoms with E-state index in [2.05, 4.69) is 38.7 Å². The van der Waals surface area contributed by atoms with Crippen LogP contribution in [-0.4, -0.2) is 8.07 Å². The molecule has 0 unspecified atom stereocenters. The zero-order valence-corrected chi connectivity index (χ0v) is 9.77. The predicted molar refractivity (Wildman–Crippen MR) is 61.2 cm³/mol. The summed E-state index contributed by atoms with van der Waals surface area (Å²) in [6.07, 6.45) is 6.63. The number of rotatable bonds is 6. The minimum Gasteiger partial charge on any atom is -0.103 e. The second-order valence-corrected chi connectivity index (χ2v) is 8.69. The molecule has 0 aromatic heterocycles. The maximum atomic E-state index is 3.71. The van der Waals surface area contributed by atoms with Gasteiger partial charge in [-0.25, -0.2) is 0 Å². The van der Waals surface area contributed by atoms with Crippen molar-refractivity contribution in [1.29, 1.82) is 0 Å². The first kappa shape index (κ1) is 11.7. The second-order valence-electron chi connectivity index (χ2n) is 3.63. The molecule has 0 radical (unpaired) electrons. The van der Waals surface area contributed by atoms with Crippen LogP contribution in [0.1, 0.15) is 26.7 Å². The Hall–Kier alpha value is -0.303. The number of allylic oxidation sites excluding steroid dienone is 2. The summed E-state index contributed by atoms with van der Waals surface area (Å²) in [7, 11) is -0.962. The van der Waals surface area contributed by atoms with Crippen LogP contribution in [0.25, 0.3) is 0 Å². The van der Waals surface area contributed by atoms with Gasteiger partial charge in [0.2, 0.25) is 0 Å². The fourth-order valence-corrected chi connectivity index (χ4v) is 2.77. The Bertz CT molecular complexity index is 143. The summed E-state index contributed by atoms with van der Waals surface area (Å²) in [6, 6.07) is 2.74. The summed E-state index contributed by atoms with van der Waals surface area (Å²) >= 11 is 0. The van der Waals surface area contributed by atoms with Crippen molar-refractivity contribution in [3.05, 3.63) is 24.4 Å². The van der Waals surface area contributed by atoms with Gasteiger partial charge in [0.25, 0.3) is 0 Å². The molecule has 0 nitrogen and oxygen atoms in total. The highest BCUT2D eigenvalue weighted by atomic mass is 28.3. The molecule has 0 atom stereocenters. The van der Waals surface area contributed by atoms with Crippen LogP contribution in [0.15, 0.2) is 24.4 Å². The van der Waals surface area contributed by atoms with Gasteiger partial charge in [-0.3, -0.25) is 0 Å². The lowest BCUT2D eigenvalue weighted by atomic mass is 10.3. The van der Waals surface area contributed by atoms with Crippen LogP contribution in [0.4, 0.5) is 0 Å². The molecule has 70 valence electrons. The molecule has 0 spiro atoms. The van der Waals surface area contributed by atoms with Crippen molar-refractivity contribution in [2.75, 3.05) is 0 Å². The molecule has 0 aliphatic heterocycles. The summed E-state index contributed by atoms with van der Waals surface area (Å²) in [6.45, 7) is 10.8. The zero-order chi connectivity index (χ0) is 9.45. The third-order valence-electron chi connectivity index (χ3n) is 2.67. The lowest BCUT2D eigenvalue weighted by Crippen LogP contribution is -2.24. The van der Waals surface area contributed by atoms with E-state index in [1.54, 1.807) is 0 Å². The summed E-state index contributed by atoms with van der Waals surface area (Å²) < 4.78 is 0. The van der Waals surface area contributed by atoms with E-state index in [0.717, 1.165) is 6.42 Å². The Balaban J connectivity index is 3.84. The monoisotopic (exact) mass is 182 g/mol. The minimum atomic E-state index is -0.962. The highest BCUT2D eigenvalue weighted by Crippen LogP contribution is 2.16. The Kier molecular flexibility index (Phi) is 6.08. The van der Waals surface area contributed by atoms with Gasteiger partial charge in [-0.15, -0.1) is 6.58 Å². The van der Waals surface area contributed by atoms with Crippen LogP contribution in [-0.2, 0) is 0 Å². The fraction of sp³-hybridized carbons (Fsp3) is 0.636. The molecular formula is C11H22Si. The number of hydrogen-bond acceptors (Lipinski definition) is 0. The average molecular weight is 182 g/mol.